The predicted octanol–water partition coefficient (Wildman–Crippen LogP) is -1.06. The quantitative estimate of drug-likeness (QED) is 0.274. The highest BCUT2D eigenvalue weighted by Gasteiger charge is 1.97. The molecule has 0 fully saturated rings. The second-order valence-electron chi connectivity index (χ2n) is 2.00. The maximum Gasteiger partial charge on any atom is 0.248 e. The van der Waals surface area contributed by atoms with Gasteiger partial charge in [0.2, 0.25) is 5.91 Å². The van der Waals surface area contributed by atoms with E-state index in [0.717, 1.165) is 0 Å². The molecule has 5 nitrogen and oxygen atoms in total. The molecule has 6 heteroatoms. The fourth-order valence-corrected chi connectivity index (χ4v) is 0.685. The molecule has 0 aliphatic rings. The normalized spacial score (nSPS) is 9.83. The monoisotopic (exact) mass is 194 g/mol. The lowest BCUT2D eigenvalue weighted by Gasteiger charge is -2.03. The van der Waals surface area contributed by atoms with Gasteiger partial charge in [0.1, 0.15) is 6.61 Å². The molecular weight excluding hydrogens is 180 g/mol. The van der Waals surface area contributed by atoms with Crippen molar-refractivity contribution in [1.29, 1.82) is 0 Å². The standard InChI is InChI=1S/C6H14N2O3S/c7-11-5-6(9)8-1-2-10-3-4-12/h12H,1-5,7H2,(H,8,9). The number of hydrogen-bond donors (Lipinski definition) is 3. The lowest BCUT2D eigenvalue weighted by atomic mass is 10.6. The number of amides is 1. The largest absolute Gasteiger partial charge is 0.379 e. The number of nitrogens with one attached hydrogen (secondary N) is 1. The van der Waals surface area contributed by atoms with Crippen LogP contribution >= 0.6 is 12.6 Å². The summed E-state index contributed by atoms with van der Waals surface area (Å²) in [7, 11) is 0. The molecule has 12 heavy (non-hydrogen) atoms. The van der Waals surface area contributed by atoms with Crippen molar-refractivity contribution < 1.29 is 14.4 Å². The van der Waals surface area contributed by atoms with Crippen molar-refractivity contribution >= 4 is 18.5 Å². The van der Waals surface area contributed by atoms with Crippen LogP contribution in [0.1, 0.15) is 0 Å². The first-order valence-electron chi connectivity index (χ1n) is 3.58. The van der Waals surface area contributed by atoms with Gasteiger partial charge in [-0.05, 0) is 0 Å². The second kappa shape index (κ2) is 8.79. The zero-order valence-corrected chi connectivity index (χ0v) is 7.68. The Morgan fingerprint density at radius 2 is 2.25 bits per heavy atom. The second-order valence-corrected chi connectivity index (χ2v) is 2.44. The maximum absolute atomic E-state index is 10.7. The average Bonchev–Trinajstić information content (AvgIpc) is 2.05. The number of thiol groups is 1. The number of ether oxygens (including phenoxy) is 1. The Morgan fingerprint density at radius 1 is 1.50 bits per heavy atom. The first kappa shape index (κ1) is 11.7. The van der Waals surface area contributed by atoms with E-state index in [4.69, 9.17) is 4.74 Å². The molecule has 0 unspecified atom stereocenters. The van der Waals surface area contributed by atoms with Gasteiger partial charge >= 0.3 is 0 Å². The first-order valence-corrected chi connectivity index (χ1v) is 4.21. The fraction of sp³-hybridized carbons (Fsp3) is 0.833. The molecular formula is C6H14N2O3S. The average molecular weight is 194 g/mol. The lowest BCUT2D eigenvalue weighted by Crippen LogP contribution is -2.31. The summed E-state index contributed by atoms with van der Waals surface area (Å²) in [5.74, 6) is 5.12. The Labute approximate surface area is 77.0 Å². The molecule has 1 amide bonds. The Balaban J connectivity index is 3.03. The zero-order chi connectivity index (χ0) is 9.23. The molecule has 72 valence electrons. The summed E-state index contributed by atoms with van der Waals surface area (Å²) in [6.07, 6.45) is 0. The molecule has 0 radical (unpaired) electrons. The van der Waals surface area contributed by atoms with Crippen molar-refractivity contribution in [3.05, 3.63) is 0 Å². The third-order valence-electron chi connectivity index (χ3n) is 1.02. The van der Waals surface area contributed by atoms with Gasteiger partial charge < -0.3 is 10.1 Å². The van der Waals surface area contributed by atoms with Gasteiger partial charge in [0, 0.05) is 12.3 Å². The summed E-state index contributed by atoms with van der Waals surface area (Å²) < 4.78 is 5.05. The number of hydrogen-bond acceptors (Lipinski definition) is 5. The van der Waals surface area contributed by atoms with Gasteiger partial charge in [0.25, 0.3) is 0 Å². The highest BCUT2D eigenvalue weighted by molar-refractivity contribution is 7.80. The molecule has 0 aliphatic heterocycles. The molecule has 0 aliphatic carbocycles. The molecule has 0 saturated heterocycles. The highest BCUT2D eigenvalue weighted by atomic mass is 32.1. The number of carbonyl (C=O) groups excluding carboxylic acids is 1. The van der Waals surface area contributed by atoms with Crippen molar-refractivity contribution in [2.45, 2.75) is 0 Å². The molecule has 0 rings (SSSR count). The van der Waals surface area contributed by atoms with E-state index in [1.54, 1.807) is 0 Å². The number of carbonyl (C=O) groups is 1. The van der Waals surface area contributed by atoms with Crippen molar-refractivity contribution in [3.63, 3.8) is 0 Å². The van der Waals surface area contributed by atoms with Gasteiger partial charge in [0.05, 0.1) is 13.2 Å². The smallest absolute Gasteiger partial charge is 0.248 e. The topological polar surface area (TPSA) is 73.6 Å². The van der Waals surface area contributed by atoms with E-state index in [1.165, 1.54) is 0 Å². The molecule has 0 atom stereocenters. The molecule has 0 aromatic heterocycles. The van der Waals surface area contributed by atoms with Crippen LogP contribution < -0.4 is 11.2 Å². The first-order chi connectivity index (χ1) is 5.81. The summed E-state index contributed by atoms with van der Waals surface area (Å²) in [4.78, 5) is 14.8. The Bertz CT molecular complexity index is 123. The van der Waals surface area contributed by atoms with Crippen LogP contribution in [0.2, 0.25) is 0 Å². The van der Waals surface area contributed by atoms with E-state index in [0.29, 0.717) is 25.5 Å². The minimum Gasteiger partial charge on any atom is -0.379 e. The lowest BCUT2D eigenvalue weighted by molar-refractivity contribution is -0.126. The molecule has 0 bridgehead atoms. The molecule has 0 aromatic carbocycles. The molecule has 0 aromatic rings. The zero-order valence-electron chi connectivity index (χ0n) is 6.78. The van der Waals surface area contributed by atoms with Crippen LogP contribution in [0.15, 0.2) is 0 Å². The molecule has 0 saturated carbocycles. The van der Waals surface area contributed by atoms with E-state index in [9.17, 15) is 4.79 Å². The van der Waals surface area contributed by atoms with Crippen LogP contribution in [0.4, 0.5) is 0 Å². The fourth-order valence-electron chi connectivity index (χ4n) is 0.556. The predicted molar refractivity (Wildman–Crippen MR) is 47.8 cm³/mol. The third-order valence-corrected chi connectivity index (χ3v) is 1.20. The SMILES string of the molecule is NOCC(=O)NCCOCCS. The van der Waals surface area contributed by atoms with Gasteiger partial charge in [-0.15, -0.1) is 0 Å². The molecule has 3 N–H and O–H groups in total. The minimum atomic E-state index is -0.244. The van der Waals surface area contributed by atoms with Gasteiger partial charge in [-0.2, -0.15) is 12.6 Å². The van der Waals surface area contributed by atoms with Gasteiger partial charge in [-0.25, -0.2) is 5.90 Å². The number of rotatable bonds is 7. The van der Waals surface area contributed by atoms with Gasteiger partial charge in [0.15, 0.2) is 0 Å². The summed E-state index contributed by atoms with van der Waals surface area (Å²) in [5.41, 5.74) is 0. The van der Waals surface area contributed by atoms with Crippen LogP contribution in [0.3, 0.4) is 0 Å². The summed E-state index contributed by atoms with van der Waals surface area (Å²) >= 11 is 3.95. The van der Waals surface area contributed by atoms with Crippen LogP contribution in [0, 0.1) is 0 Å². The summed E-state index contributed by atoms with van der Waals surface area (Å²) in [6, 6.07) is 0. The van der Waals surface area contributed by atoms with E-state index in [2.05, 4.69) is 28.7 Å². The summed E-state index contributed by atoms with van der Waals surface area (Å²) in [6.45, 7) is 1.42. The van der Waals surface area contributed by atoms with Gasteiger partial charge in [-0.3, -0.25) is 9.63 Å². The van der Waals surface area contributed by atoms with Crippen molar-refractivity contribution in [2.24, 2.45) is 5.90 Å². The van der Waals surface area contributed by atoms with Crippen LogP contribution in [0.5, 0.6) is 0 Å². The van der Waals surface area contributed by atoms with Crippen molar-refractivity contribution in [3.8, 4) is 0 Å². The minimum absolute atomic E-state index is 0.118. The van der Waals surface area contributed by atoms with Crippen LogP contribution in [-0.4, -0.2) is 38.0 Å². The molecule has 0 heterocycles. The summed E-state index contributed by atoms with van der Waals surface area (Å²) in [5, 5.41) is 2.55. The van der Waals surface area contributed by atoms with E-state index < -0.39 is 0 Å². The highest BCUT2D eigenvalue weighted by Crippen LogP contribution is 1.77. The van der Waals surface area contributed by atoms with Gasteiger partial charge in [-0.1, -0.05) is 0 Å². The van der Waals surface area contributed by atoms with Crippen LogP contribution in [0.25, 0.3) is 0 Å². The number of nitrogens with two attached hydrogens (primary N) is 1. The third kappa shape index (κ3) is 7.80. The Hall–Kier alpha value is -0.300. The Kier molecular flexibility index (Phi) is 8.57. The Morgan fingerprint density at radius 3 is 2.83 bits per heavy atom. The van der Waals surface area contributed by atoms with E-state index in [-0.39, 0.29) is 12.5 Å². The van der Waals surface area contributed by atoms with Crippen molar-refractivity contribution in [2.75, 3.05) is 32.1 Å². The molecule has 0 spiro atoms. The van der Waals surface area contributed by atoms with E-state index in [1.807, 2.05) is 0 Å². The van der Waals surface area contributed by atoms with Crippen LogP contribution in [-0.2, 0) is 14.4 Å². The van der Waals surface area contributed by atoms with Crippen molar-refractivity contribution in [1.82, 2.24) is 5.32 Å². The van der Waals surface area contributed by atoms with E-state index >= 15 is 0 Å². The maximum atomic E-state index is 10.7.